The highest BCUT2D eigenvalue weighted by Gasteiger charge is 2.09. The summed E-state index contributed by atoms with van der Waals surface area (Å²) in [5, 5.41) is 0.777. The Hall–Kier alpha value is -1.42. The van der Waals surface area contributed by atoms with Gasteiger partial charge in [-0.1, -0.05) is 41.9 Å². The largest absolute Gasteiger partial charge is 0.324 e. The van der Waals surface area contributed by atoms with Gasteiger partial charge in [0, 0.05) is 17.6 Å². The molecular weight excluding hydrogens is 287 g/mol. The van der Waals surface area contributed by atoms with Gasteiger partial charge in [0.1, 0.15) is 5.82 Å². The van der Waals surface area contributed by atoms with E-state index in [1.54, 1.807) is 6.07 Å². The van der Waals surface area contributed by atoms with Crippen LogP contribution in [0, 0.1) is 5.82 Å². The van der Waals surface area contributed by atoms with E-state index < -0.39 is 0 Å². The van der Waals surface area contributed by atoms with Crippen LogP contribution < -0.4 is 5.73 Å². The molecule has 1 atom stereocenters. The van der Waals surface area contributed by atoms with Crippen LogP contribution in [-0.4, -0.2) is 18.5 Å². The molecule has 0 heterocycles. The van der Waals surface area contributed by atoms with E-state index >= 15 is 0 Å². The van der Waals surface area contributed by atoms with Gasteiger partial charge in [-0.15, -0.1) is 0 Å². The molecule has 2 aromatic carbocycles. The molecule has 0 saturated heterocycles. The number of hydrogen-bond donors (Lipinski definition) is 1. The van der Waals surface area contributed by atoms with E-state index in [0.29, 0.717) is 0 Å². The lowest BCUT2D eigenvalue weighted by Crippen LogP contribution is -2.23. The molecule has 0 bridgehead atoms. The number of nitrogens with two attached hydrogens (primary N) is 1. The van der Waals surface area contributed by atoms with Gasteiger partial charge in [-0.3, -0.25) is 0 Å². The second-order valence-electron chi connectivity index (χ2n) is 5.28. The van der Waals surface area contributed by atoms with Crippen LogP contribution in [0.1, 0.15) is 23.6 Å². The molecule has 0 fully saturated rings. The summed E-state index contributed by atoms with van der Waals surface area (Å²) in [6.45, 7) is 1.60. The van der Waals surface area contributed by atoms with Crippen molar-refractivity contribution in [1.82, 2.24) is 4.90 Å². The number of benzene rings is 2. The van der Waals surface area contributed by atoms with Gasteiger partial charge in [-0.2, -0.15) is 0 Å². The van der Waals surface area contributed by atoms with Crippen LogP contribution in [0.2, 0.25) is 5.02 Å². The fourth-order valence-corrected chi connectivity index (χ4v) is 2.46. The normalized spacial score (nSPS) is 12.6. The molecule has 21 heavy (non-hydrogen) atoms. The van der Waals surface area contributed by atoms with E-state index in [1.165, 1.54) is 12.1 Å². The van der Waals surface area contributed by atoms with Crippen molar-refractivity contribution in [2.45, 2.75) is 19.0 Å². The molecule has 1 unspecified atom stereocenters. The van der Waals surface area contributed by atoms with Gasteiger partial charge >= 0.3 is 0 Å². The van der Waals surface area contributed by atoms with Crippen LogP contribution in [0.5, 0.6) is 0 Å². The van der Waals surface area contributed by atoms with Gasteiger partial charge in [-0.25, -0.2) is 4.39 Å². The maximum Gasteiger partial charge on any atom is 0.123 e. The van der Waals surface area contributed by atoms with Gasteiger partial charge in [0.15, 0.2) is 0 Å². The topological polar surface area (TPSA) is 29.3 Å². The molecule has 112 valence electrons. The van der Waals surface area contributed by atoms with Gasteiger partial charge in [-0.05, 0) is 49.3 Å². The average molecular weight is 307 g/mol. The summed E-state index contributed by atoms with van der Waals surface area (Å²) < 4.78 is 13.2. The predicted octanol–water partition coefficient (Wildman–Crippen LogP) is 4.00. The average Bonchev–Trinajstić information content (AvgIpc) is 2.47. The van der Waals surface area contributed by atoms with Crippen molar-refractivity contribution in [2.75, 3.05) is 13.6 Å². The van der Waals surface area contributed by atoms with Crippen LogP contribution in [-0.2, 0) is 6.54 Å². The van der Waals surface area contributed by atoms with Crippen LogP contribution in [0.3, 0.4) is 0 Å². The Morgan fingerprint density at radius 1 is 1.19 bits per heavy atom. The third-order valence-electron chi connectivity index (χ3n) is 3.50. The first-order valence-electron chi connectivity index (χ1n) is 6.99. The zero-order valence-corrected chi connectivity index (χ0v) is 12.9. The van der Waals surface area contributed by atoms with Crippen molar-refractivity contribution < 1.29 is 4.39 Å². The summed E-state index contributed by atoms with van der Waals surface area (Å²) in [4.78, 5) is 2.17. The van der Waals surface area contributed by atoms with Gasteiger partial charge in [0.2, 0.25) is 0 Å². The SMILES string of the molecule is CN(CCC(N)c1cccc(F)c1)Cc1ccccc1Cl. The molecule has 0 aliphatic carbocycles. The fraction of sp³-hybridized carbons (Fsp3) is 0.294. The summed E-state index contributed by atoms with van der Waals surface area (Å²) in [6.07, 6.45) is 0.768. The van der Waals surface area contributed by atoms with Crippen LogP contribution >= 0.6 is 11.6 Å². The monoisotopic (exact) mass is 306 g/mol. The first-order valence-corrected chi connectivity index (χ1v) is 7.37. The van der Waals surface area contributed by atoms with E-state index in [9.17, 15) is 4.39 Å². The molecular formula is C17H20ClFN2. The zero-order valence-electron chi connectivity index (χ0n) is 12.1. The standard InChI is InChI=1S/C17H20ClFN2/c1-21(12-14-5-2-3-8-16(14)18)10-9-17(20)13-6-4-7-15(19)11-13/h2-8,11,17H,9-10,12,20H2,1H3. The van der Waals surface area contributed by atoms with Crippen molar-refractivity contribution in [3.8, 4) is 0 Å². The molecule has 0 amide bonds. The van der Waals surface area contributed by atoms with Crippen LogP contribution in [0.25, 0.3) is 0 Å². The minimum atomic E-state index is -0.243. The first-order chi connectivity index (χ1) is 10.1. The molecule has 0 saturated carbocycles. The van der Waals surface area contributed by atoms with Crippen molar-refractivity contribution in [3.05, 3.63) is 70.5 Å². The zero-order chi connectivity index (χ0) is 15.2. The molecule has 2 N–H and O–H groups in total. The van der Waals surface area contributed by atoms with Crippen molar-refractivity contribution >= 4 is 11.6 Å². The molecule has 2 nitrogen and oxygen atoms in total. The highest BCUT2D eigenvalue weighted by Crippen LogP contribution is 2.18. The van der Waals surface area contributed by atoms with E-state index in [4.69, 9.17) is 17.3 Å². The number of halogens is 2. The predicted molar refractivity (Wildman–Crippen MR) is 85.7 cm³/mol. The number of hydrogen-bond acceptors (Lipinski definition) is 2. The molecule has 0 radical (unpaired) electrons. The van der Waals surface area contributed by atoms with E-state index in [0.717, 1.165) is 35.7 Å². The lowest BCUT2D eigenvalue weighted by Gasteiger charge is -2.20. The van der Waals surface area contributed by atoms with Crippen molar-refractivity contribution in [2.24, 2.45) is 5.73 Å². The summed E-state index contributed by atoms with van der Waals surface area (Å²) in [5.41, 5.74) is 8.05. The fourth-order valence-electron chi connectivity index (χ4n) is 2.26. The smallest absolute Gasteiger partial charge is 0.123 e. The molecule has 0 aromatic heterocycles. The second-order valence-corrected chi connectivity index (χ2v) is 5.69. The Labute approximate surface area is 130 Å². The van der Waals surface area contributed by atoms with Crippen LogP contribution in [0.15, 0.2) is 48.5 Å². The minimum Gasteiger partial charge on any atom is -0.324 e. The summed E-state index contributed by atoms with van der Waals surface area (Å²) >= 11 is 6.15. The summed E-state index contributed by atoms with van der Waals surface area (Å²) in [7, 11) is 2.03. The van der Waals surface area contributed by atoms with Gasteiger partial charge in [0.05, 0.1) is 0 Å². The molecule has 4 heteroatoms. The van der Waals surface area contributed by atoms with Crippen LogP contribution in [0.4, 0.5) is 4.39 Å². The Balaban J connectivity index is 1.86. The lowest BCUT2D eigenvalue weighted by molar-refractivity contribution is 0.311. The van der Waals surface area contributed by atoms with E-state index in [-0.39, 0.29) is 11.9 Å². The molecule has 2 rings (SSSR count). The third-order valence-corrected chi connectivity index (χ3v) is 3.87. The van der Waals surface area contributed by atoms with E-state index in [2.05, 4.69) is 4.90 Å². The maximum absolute atomic E-state index is 13.2. The highest BCUT2D eigenvalue weighted by atomic mass is 35.5. The maximum atomic E-state index is 13.2. The van der Waals surface area contributed by atoms with Gasteiger partial charge in [0.25, 0.3) is 0 Å². The van der Waals surface area contributed by atoms with E-state index in [1.807, 2.05) is 37.4 Å². The lowest BCUT2D eigenvalue weighted by atomic mass is 10.0. The second kappa shape index (κ2) is 7.55. The Morgan fingerprint density at radius 2 is 1.95 bits per heavy atom. The Bertz CT molecular complexity index is 589. The Morgan fingerprint density at radius 3 is 2.67 bits per heavy atom. The summed E-state index contributed by atoms with van der Waals surface area (Å²) in [5.74, 6) is -0.243. The first kappa shape index (κ1) is 16.0. The van der Waals surface area contributed by atoms with Crippen molar-refractivity contribution in [3.63, 3.8) is 0 Å². The van der Waals surface area contributed by atoms with Crippen molar-refractivity contribution in [1.29, 1.82) is 0 Å². The Kier molecular flexibility index (Phi) is 5.74. The highest BCUT2D eigenvalue weighted by molar-refractivity contribution is 6.31. The number of nitrogens with zero attached hydrogens (tertiary/aromatic N) is 1. The molecule has 0 spiro atoms. The molecule has 2 aromatic rings. The third kappa shape index (κ3) is 4.81. The minimum absolute atomic E-state index is 0.158. The quantitative estimate of drug-likeness (QED) is 0.874. The van der Waals surface area contributed by atoms with Gasteiger partial charge < -0.3 is 10.6 Å². The summed E-state index contributed by atoms with van der Waals surface area (Å²) in [6, 6.07) is 14.1. The number of rotatable bonds is 6. The molecule has 0 aliphatic rings. The molecule has 0 aliphatic heterocycles.